The number of halogens is 1. The maximum absolute atomic E-state index is 11.9. The summed E-state index contributed by atoms with van der Waals surface area (Å²) in [6.45, 7) is 4.43. The van der Waals surface area contributed by atoms with Gasteiger partial charge in [-0.25, -0.2) is 4.98 Å². The van der Waals surface area contributed by atoms with Crippen molar-refractivity contribution in [2.45, 2.75) is 26.4 Å². The summed E-state index contributed by atoms with van der Waals surface area (Å²) in [5.74, 6) is 0.113. The molecule has 1 heterocycles. The Balaban J connectivity index is 2.66. The minimum Gasteiger partial charge on any atom is -0.340 e. The zero-order chi connectivity index (χ0) is 13.0. The van der Waals surface area contributed by atoms with Crippen molar-refractivity contribution in [1.82, 2.24) is 9.88 Å². The number of rotatable bonds is 4. The third-order valence-corrected chi connectivity index (χ3v) is 3.02. The van der Waals surface area contributed by atoms with E-state index in [9.17, 15) is 4.79 Å². The zero-order valence-corrected chi connectivity index (χ0v) is 11.9. The van der Waals surface area contributed by atoms with E-state index in [0.717, 1.165) is 10.2 Å². The lowest BCUT2D eigenvalue weighted by Gasteiger charge is -2.23. The molecule has 1 rings (SSSR count). The van der Waals surface area contributed by atoms with E-state index < -0.39 is 6.04 Å². The van der Waals surface area contributed by atoms with E-state index in [1.165, 1.54) is 0 Å². The molecule has 0 saturated heterocycles. The highest BCUT2D eigenvalue weighted by atomic mass is 79.9. The summed E-state index contributed by atoms with van der Waals surface area (Å²) in [7, 11) is 1.76. The van der Waals surface area contributed by atoms with Crippen molar-refractivity contribution in [2.24, 2.45) is 11.7 Å². The van der Waals surface area contributed by atoms with Crippen LogP contribution in [0.1, 0.15) is 19.4 Å². The first-order valence-electron chi connectivity index (χ1n) is 5.52. The summed E-state index contributed by atoms with van der Waals surface area (Å²) >= 11 is 3.30. The quantitative estimate of drug-likeness (QED) is 0.862. The van der Waals surface area contributed by atoms with Crippen LogP contribution in [-0.4, -0.2) is 28.9 Å². The van der Waals surface area contributed by atoms with Gasteiger partial charge in [-0.1, -0.05) is 13.8 Å². The Morgan fingerprint density at radius 3 is 2.76 bits per heavy atom. The normalized spacial score (nSPS) is 12.6. The van der Waals surface area contributed by atoms with Gasteiger partial charge in [0.1, 0.15) is 4.60 Å². The van der Waals surface area contributed by atoms with Gasteiger partial charge in [0.15, 0.2) is 0 Å². The second-order valence-corrected chi connectivity index (χ2v) is 5.26. The van der Waals surface area contributed by atoms with Gasteiger partial charge in [-0.2, -0.15) is 0 Å². The number of carbonyl (C=O) groups excluding carboxylic acids is 1. The van der Waals surface area contributed by atoms with Crippen molar-refractivity contribution in [3.8, 4) is 0 Å². The molecule has 0 aliphatic rings. The standard InChI is InChI=1S/C12H18BrN3O/c1-8(2)11(14)12(17)16(3)7-9-4-5-15-10(13)6-9/h4-6,8,11H,7,14H2,1-3H3. The largest absolute Gasteiger partial charge is 0.340 e. The fourth-order valence-electron chi connectivity index (χ4n) is 1.43. The molecule has 1 unspecified atom stereocenters. The van der Waals surface area contributed by atoms with Gasteiger partial charge in [0, 0.05) is 19.8 Å². The molecular formula is C12H18BrN3O. The molecule has 5 heteroatoms. The first-order valence-corrected chi connectivity index (χ1v) is 6.32. The summed E-state index contributed by atoms with van der Waals surface area (Å²) in [6.07, 6.45) is 1.71. The molecule has 0 aliphatic carbocycles. The Kier molecular flexibility index (Phi) is 5.08. The van der Waals surface area contributed by atoms with Gasteiger partial charge in [-0.15, -0.1) is 0 Å². The number of aromatic nitrogens is 1. The lowest BCUT2D eigenvalue weighted by molar-refractivity contribution is -0.132. The number of hydrogen-bond donors (Lipinski definition) is 1. The number of likely N-dealkylation sites (N-methyl/N-ethyl adjacent to an activating group) is 1. The summed E-state index contributed by atoms with van der Waals surface area (Å²) < 4.78 is 0.768. The van der Waals surface area contributed by atoms with Crippen molar-refractivity contribution in [2.75, 3.05) is 7.05 Å². The Labute approximate surface area is 110 Å². The summed E-state index contributed by atoms with van der Waals surface area (Å²) in [5, 5.41) is 0. The third-order valence-electron chi connectivity index (χ3n) is 2.59. The van der Waals surface area contributed by atoms with Crippen LogP contribution in [0.25, 0.3) is 0 Å². The number of amides is 1. The van der Waals surface area contributed by atoms with Gasteiger partial charge < -0.3 is 10.6 Å². The summed E-state index contributed by atoms with van der Waals surface area (Å²) in [5.41, 5.74) is 6.86. The maximum atomic E-state index is 11.9. The van der Waals surface area contributed by atoms with Crippen molar-refractivity contribution in [3.05, 3.63) is 28.5 Å². The van der Waals surface area contributed by atoms with Gasteiger partial charge in [0.25, 0.3) is 0 Å². The Morgan fingerprint density at radius 1 is 1.59 bits per heavy atom. The fraction of sp³-hybridized carbons (Fsp3) is 0.500. The first kappa shape index (κ1) is 14.1. The topological polar surface area (TPSA) is 59.2 Å². The number of carbonyl (C=O) groups is 1. The van der Waals surface area contributed by atoms with E-state index in [1.807, 2.05) is 26.0 Å². The van der Waals surface area contributed by atoms with Crippen LogP contribution in [0.5, 0.6) is 0 Å². The molecule has 94 valence electrons. The lowest BCUT2D eigenvalue weighted by Crippen LogP contribution is -2.44. The lowest BCUT2D eigenvalue weighted by atomic mass is 10.0. The number of pyridine rings is 1. The van der Waals surface area contributed by atoms with E-state index in [-0.39, 0.29) is 11.8 Å². The predicted molar refractivity (Wildman–Crippen MR) is 71.2 cm³/mol. The predicted octanol–water partition coefficient (Wildman–Crippen LogP) is 1.79. The van der Waals surface area contributed by atoms with Crippen LogP contribution in [0.3, 0.4) is 0 Å². The van der Waals surface area contributed by atoms with Crippen molar-refractivity contribution < 1.29 is 4.79 Å². The number of nitrogens with two attached hydrogens (primary N) is 1. The molecule has 1 aromatic heterocycles. The molecule has 0 radical (unpaired) electrons. The minimum absolute atomic E-state index is 0.0343. The van der Waals surface area contributed by atoms with E-state index in [0.29, 0.717) is 6.54 Å². The van der Waals surface area contributed by atoms with Gasteiger partial charge in [-0.05, 0) is 39.5 Å². The molecule has 0 bridgehead atoms. The smallest absolute Gasteiger partial charge is 0.239 e. The number of hydrogen-bond acceptors (Lipinski definition) is 3. The van der Waals surface area contributed by atoms with Crippen LogP contribution >= 0.6 is 15.9 Å². The molecule has 0 spiro atoms. The molecule has 1 aromatic rings. The SMILES string of the molecule is CC(C)C(N)C(=O)N(C)Cc1ccnc(Br)c1. The van der Waals surface area contributed by atoms with Gasteiger partial charge in [0.2, 0.25) is 5.91 Å². The van der Waals surface area contributed by atoms with E-state index >= 15 is 0 Å². The zero-order valence-electron chi connectivity index (χ0n) is 10.4. The third kappa shape index (κ3) is 4.09. The average molecular weight is 300 g/mol. The second-order valence-electron chi connectivity index (χ2n) is 4.45. The Morgan fingerprint density at radius 2 is 2.24 bits per heavy atom. The van der Waals surface area contributed by atoms with Crippen LogP contribution in [-0.2, 0) is 11.3 Å². The Bertz CT molecular complexity index is 395. The minimum atomic E-state index is -0.440. The summed E-state index contributed by atoms with van der Waals surface area (Å²) in [4.78, 5) is 17.6. The van der Waals surface area contributed by atoms with Gasteiger partial charge >= 0.3 is 0 Å². The average Bonchev–Trinajstić information content (AvgIpc) is 2.26. The molecular weight excluding hydrogens is 282 g/mol. The maximum Gasteiger partial charge on any atom is 0.239 e. The highest BCUT2D eigenvalue weighted by molar-refractivity contribution is 9.10. The fourth-order valence-corrected chi connectivity index (χ4v) is 1.84. The van der Waals surface area contributed by atoms with Crippen LogP contribution in [0.2, 0.25) is 0 Å². The van der Waals surface area contributed by atoms with Crippen molar-refractivity contribution in [3.63, 3.8) is 0 Å². The second kappa shape index (κ2) is 6.12. The number of nitrogens with zero attached hydrogens (tertiary/aromatic N) is 2. The van der Waals surface area contributed by atoms with Crippen LogP contribution in [0, 0.1) is 5.92 Å². The molecule has 4 nitrogen and oxygen atoms in total. The van der Waals surface area contributed by atoms with E-state index in [4.69, 9.17) is 5.73 Å². The first-order chi connectivity index (χ1) is 7.91. The molecule has 17 heavy (non-hydrogen) atoms. The van der Waals surface area contributed by atoms with Crippen molar-refractivity contribution >= 4 is 21.8 Å². The highest BCUT2D eigenvalue weighted by Crippen LogP contribution is 2.11. The van der Waals surface area contributed by atoms with Crippen LogP contribution in [0.4, 0.5) is 0 Å². The van der Waals surface area contributed by atoms with Crippen LogP contribution in [0.15, 0.2) is 22.9 Å². The van der Waals surface area contributed by atoms with Crippen LogP contribution < -0.4 is 5.73 Å². The molecule has 2 N–H and O–H groups in total. The van der Waals surface area contributed by atoms with E-state index in [2.05, 4.69) is 20.9 Å². The molecule has 0 saturated carbocycles. The monoisotopic (exact) mass is 299 g/mol. The molecule has 0 fully saturated rings. The Hall–Kier alpha value is -0.940. The van der Waals surface area contributed by atoms with E-state index in [1.54, 1.807) is 18.1 Å². The van der Waals surface area contributed by atoms with Gasteiger partial charge in [-0.3, -0.25) is 4.79 Å². The summed E-state index contributed by atoms with van der Waals surface area (Å²) in [6, 6.07) is 3.34. The highest BCUT2D eigenvalue weighted by Gasteiger charge is 2.20. The molecule has 0 aliphatic heterocycles. The molecule has 1 atom stereocenters. The molecule has 0 aromatic carbocycles. The van der Waals surface area contributed by atoms with Crippen molar-refractivity contribution in [1.29, 1.82) is 0 Å². The van der Waals surface area contributed by atoms with Gasteiger partial charge in [0.05, 0.1) is 6.04 Å². The molecule has 1 amide bonds.